The predicted molar refractivity (Wildman–Crippen MR) is 186 cm³/mol. The van der Waals surface area contributed by atoms with E-state index in [1.807, 2.05) is 0 Å². The molecule has 0 aromatic carbocycles. The molecule has 0 aromatic rings. The summed E-state index contributed by atoms with van der Waals surface area (Å²) in [6, 6.07) is 0. The molecule has 10 saturated heterocycles. The van der Waals surface area contributed by atoms with Gasteiger partial charge in [0.15, 0.2) is 5.79 Å². The summed E-state index contributed by atoms with van der Waals surface area (Å²) in [7, 11) is 1.77. The smallest absolute Gasteiger partial charge is 0.172 e. The molecular formula is C40H61NO10. The highest BCUT2D eigenvalue weighted by molar-refractivity contribution is 5.15. The number of aliphatic hydroxyl groups is 1. The van der Waals surface area contributed by atoms with Gasteiger partial charge in [0.1, 0.15) is 30.5 Å². The van der Waals surface area contributed by atoms with Gasteiger partial charge in [-0.3, -0.25) is 0 Å². The lowest BCUT2D eigenvalue weighted by Gasteiger charge is -2.47. The number of hydrogen-bond acceptors (Lipinski definition) is 11. The van der Waals surface area contributed by atoms with Gasteiger partial charge < -0.3 is 53.5 Å². The third-order valence-corrected chi connectivity index (χ3v) is 14.1. The topological polar surface area (TPSA) is 129 Å². The maximum atomic E-state index is 10.6. The predicted octanol–water partition coefficient (Wildman–Crippen LogP) is 4.26. The summed E-state index contributed by atoms with van der Waals surface area (Å²) in [6.07, 6.45) is 10.2. The fourth-order valence-corrected chi connectivity index (χ4v) is 11.4. The Morgan fingerprint density at radius 2 is 1.57 bits per heavy atom. The quantitative estimate of drug-likeness (QED) is 0.406. The molecule has 286 valence electrons. The number of fused-ring (bicyclic) bond motifs is 6. The van der Waals surface area contributed by atoms with Crippen LogP contribution in [0.2, 0.25) is 0 Å². The Morgan fingerprint density at radius 3 is 2.41 bits per heavy atom. The van der Waals surface area contributed by atoms with Gasteiger partial charge >= 0.3 is 0 Å². The zero-order valence-corrected chi connectivity index (χ0v) is 30.6. The van der Waals surface area contributed by atoms with Crippen LogP contribution in [0, 0.1) is 11.8 Å². The van der Waals surface area contributed by atoms with Crippen molar-refractivity contribution < 1.29 is 47.7 Å². The van der Waals surface area contributed by atoms with Crippen LogP contribution in [-0.2, 0) is 42.6 Å². The second kappa shape index (κ2) is 14.3. The largest absolute Gasteiger partial charge is 0.392 e. The zero-order chi connectivity index (χ0) is 35.0. The highest BCUT2D eigenvalue weighted by Crippen LogP contribution is 2.54. The average Bonchev–Trinajstić information content (AvgIpc) is 3.79. The Balaban J connectivity index is 0.976. The van der Waals surface area contributed by atoms with Crippen LogP contribution in [0.4, 0.5) is 0 Å². The van der Waals surface area contributed by atoms with Crippen molar-refractivity contribution in [3.05, 3.63) is 24.3 Å². The SMILES string of the molecule is C=C1CC2CC[C@@]34C[C@@H]5O[C@@H]6[C@@H](OC7CCC(CCCC8[C@H](CC9O[C@@H](CCC1O2)C[C@@H](C)C9=C)O[C@H](C[C@H](O)CN)[C@@H]8OC)OC7[C@@H]6O3)[C@H]5O4. The van der Waals surface area contributed by atoms with Gasteiger partial charge in [-0.05, 0) is 74.9 Å². The van der Waals surface area contributed by atoms with E-state index in [0.717, 1.165) is 89.0 Å². The fraction of sp³-hybridized carbons (Fsp3) is 0.900. The Morgan fingerprint density at radius 1 is 0.784 bits per heavy atom. The van der Waals surface area contributed by atoms with E-state index < -0.39 is 11.9 Å². The van der Waals surface area contributed by atoms with E-state index in [1.54, 1.807) is 7.11 Å². The number of rotatable bonds is 4. The first-order valence-corrected chi connectivity index (χ1v) is 20.3. The van der Waals surface area contributed by atoms with Crippen molar-refractivity contribution in [2.24, 2.45) is 17.6 Å². The van der Waals surface area contributed by atoms with E-state index in [4.69, 9.17) is 48.4 Å². The molecule has 10 aliphatic heterocycles. The van der Waals surface area contributed by atoms with Crippen molar-refractivity contribution in [2.75, 3.05) is 13.7 Å². The highest BCUT2D eigenvalue weighted by Gasteiger charge is 2.68. The molecule has 51 heavy (non-hydrogen) atoms. The first kappa shape index (κ1) is 35.7. The van der Waals surface area contributed by atoms with E-state index in [0.29, 0.717) is 12.3 Å². The van der Waals surface area contributed by atoms with Crippen LogP contribution in [0.1, 0.15) is 96.8 Å². The second-order valence-corrected chi connectivity index (χ2v) is 17.4. The van der Waals surface area contributed by atoms with Crippen LogP contribution in [0.25, 0.3) is 0 Å². The van der Waals surface area contributed by atoms with Crippen molar-refractivity contribution in [3.8, 4) is 0 Å². The Hall–Kier alpha value is -0.960. The normalized spacial score (nSPS) is 53.1. The third-order valence-electron chi connectivity index (χ3n) is 14.1. The molecule has 1 spiro atoms. The van der Waals surface area contributed by atoms with Crippen LogP contribution in [0.3, 0.4) is 0 Å². The lowest BCUT2D eigenvalue weighted by Crippen LogP contribution is -2.61. The van der Waals surface area contributed by atoms with Crippen LogP contribution in [-0.4, -0.2) is 122 Å². The van der Waals surface area contributed by atoms with Gasteiger partial charge in [0, 0.05) is 45.3 Å². The first-order valence-electron chi connectivity index (χ1n) is 20.3. The Labute approximate surface area is 303 Å². The number of aliphatic hydroxyl groups excluding tert-OH is 1. The molecule has 11 nitrogen and oxygen atoms in total. The standard InChI is InChI=1S/C40H61NO10/c1-20-14-25-9-10-28-21(2)15-26(44-28)12-13-40-18-33-36(50-40)37-38(49-33)39(51-40)35-29(48-37)11-8-24(46-35)6-5-7-27-31(17-30(45-25)22(20)3)47-32(34(27)43-4)16-23(42)19-41/h20,23-39,42H,2-3,5-19,41H2,1,4H3/t20-,23+,24?,25+,26?,27?,28?,29?,30?,31+,32-,33+,34-,35?,36+,37+,38-,39+,40+/m1/s1. The lowest BCUT2D eigenvalue weighted by molar-refractivity contribution is -0.293. The van der Waals surface area contributed by atoms with E-state index >= 15 is 0 Å². The molecule has 3 N–H and O–H groups in total. The monoisotopic (exact) mass is 715 g/mol. The van der Waals surface area contributed by atoms with Crippen LogP contribution in [0.15, 0.2) is 24.3 Å². The number of hydrogen-bond donors (Lipinski definition) is 2. The summed E-state index contributed by atoms with van der Waals surface area (Å²) in [5.74, 6) is -0.204. The van der Waals surface area contributed by atoms with Gasteiger partial charge in [-0.25, -0.2) is 0 Å². The van der Waals surface area contributed by atoms with Gasteiger partial charge in [0.2, 0.25) is 0 Å². The molecule has 0 aromatic heterocycles. The summed E-state index contributed by atoms with van der Waals surface area (Å²) in [6.45, 7) is 11.4. The number of methoxy groups -OCH3 is 1. The first-order chi connectivity index (χ1) is 24.7. The molecule has 10 heterocycles. The average molecular weight is 716 g/mol. The summed E-state index contributed by atoms with van der Waals surface area (Å²) in [5.41, 5.74) is 8.16. The maximum Gasteiger partial charge on any atom is 0.172 e. The molecule has 10 fully saturated rings. The zero-order valence-electron chi connectivity index (χ0n) is 30.6. The highest BCUT2D eigenvalue weighted by atomic mass is 16.8. The van der Waals surface area contributed by atoms with Crippen LogP contribution >= 0.6 is 0 Å². The van der Waals surface area contributed by atoms with Crippen molar-refractivity contribution >= 4 is 0 Å². The molecule has 11 heteroatoms. The van der Waals surface area contributed by atoms with Gasteiger partial charge in [0.25, 0.3) is 0 Å². The minimum Gasteiger partial charge on any atom is -0.392 e. The molecule has 7 unspecified atom stereocenters. The van der Waals surface area contributed by atoms with Crippen LogP contribution < -0.4 is 5.73 Å². The Bertz CT molecular complexity index is 1300. The van der Waals surface area contributed by atoms with Gasteiger partial charge in [-0.2, -0.15) is 0 Å². The van der Waals surface area contributed by atoms with Gasteiger partial charge in [-0.1, -0.05) is 26.5 Å². The van der Waals surface area contributed by atoms with Crippen molar-refractivity contribution in [1.29, 1.82) is 0 Å². The number of ether oxygens (including phenoxy) is 9. The van der Waals surface area contributed by atoms with Crippen molar-refractivity contribution in [3.63, 3.8) is 0 Å². The summed E-state index contributed by atoms with van der Waals surface area (Å²) < 4.78 is 60.6. The fourth-order valence-electron chi connectivity index (χ4n) is 11.4. The summed E-state index contributed by atoms with van der Waals surface area (Å²) >= 11 is 0. The van der Waals surface area contributed by atoms with E-state index in [1.165, 1.54) is 5.57 Å². The minimum absolute atomic E-state index is 0.00877. The molecule has 0 amide bonds. The molecule has 0 radical (unpaired) electrons. The van der Waals surface area contributed by atoms with Gasteiger partial charge in [0.05, 0.1) is 67.1 Å². The van der Waals surface area contributed by atoms with Crippen molar-refractivity contribution in [2.45, 2.75) is 200 Å². The summed E-state index contributed by atoms with van der Waals surface area (Å²) in [4.78, 5) is 0. The van der Waals surface area contributed by atoms with E-state index in [-0.39, 0.29) is 104 Å². The summed E-state index contributed by atoms with van der Waals surface area (Å²) in [5, 5.41) is 10.6. The minimum atomic E-state index is -0.706. The molecule has 0 aliphatic carbocycles. The molecule has 12 bridgehead atoms. The van der Waals surface area contributed by atoms with E-state index in [2.05, 4.69) is 20.1 Å². The van der Waals surface area contributed by atoms with Crippen LogP contribution in [0.5, 0.6) is 0 Å². The molecule has 19 atom stereocenters. The molecule has 10 rings (SSSR count). The van der Waals surface area contributed by atoms with E-state index in [9.17, 15) is 5.11 Å². The van der Waals surface area contributed by atoms with Crippen molar-refractivity contribution in [1.82, 2.24) is 0 Å². The molecule has 0 saturated carbocycles. The third kappa shape index (κ3) is 6.62. The maximum absolute atomic E-state index is 10.6. The second-order valence-electron chi connectivity index (χ2n) is 17.4. The number of nitrogens with two attached hydrogens (primary N) is 1. The molecule has 10 aliphatic rings. The van der Waals surface area contributed by atoms with Gasteiger partial charge in [-0.15, -0.1) is 0 Å². The molecular weight excluding hydrogens is 654 g/mol. The Kier molecular flexibility index (Phi) is 10.00. The lowest BCUT2D eigenvalue weighted by atomic mass is 9.81.